The molecule has 0 aliphatic carbocycles. The highest BCUT2D eigenvalue weighted by Crippen LogP contribution is 2.28. The van der Waals surface area contributed by atoms with E-state index in [4.69, 9.17) is 23.2 Å². The molecule has 0 bridgehead atoms. The Morgan fingerprint density at radius 2 is 2.19 bits per heavy atom. The fourth-order valence-corrected chi connectivity index (χ4v) is 3.61. The minimum absolute atomic E-state index is 0.0152. The number of Topliss-reactive ketones (excluding diaryl/α,β-unsaturated/α-hetero) is 1. The van der Waals surface area contributed by atoms with Gasteiger partial charge in [-0.15, -0.1) is 0 Å². The minimum Gasteiger partial charge on any atom is -0.354 e. The molecule has 4 nitrogen and oxygen atoms in total. The van der Waals surface area contributed by atoms with E-state index in [9.17, 15) is 9.59 Å². The van der Waals surface area contributed by atoms with Crippen molar-refractivity contribution in [3.63, 3.8) is 0 Å². The molecule has 112 valence electrons. The summed E-state index contributed by atoms with van der Waals surface area (Å²) in [5.74, 6) is 0.0711. The zero-order valence-corrected chi connectivity index (χ0v) is 13.0. The zero-order valence-electron chi connectivity index (χ0n) is 11.4. The van der Waals surface area contributed by atoms with E-state index in [1.54, 1.807) is 18.2 Å². The number of fused-ring (bicyclic) bond motifs is 1. The average Bonchev–Trinajstić information content (AvgIpc) is 2.84. The number of amides is 1. The lowest BCUT2D eigenvalue weighted by molar-refractivity contribution is -0.124. The highest BCUT2D eigenvalue weighted by molar-refractivity contribution is 6.36. The second kappa shape index (κ2) is 5.95. The van der Waals surface area contributed by atoms with Crippen LogP contribution >= 0.6 is 23.2 Å². The maximum Gasteiger partial charge on any atom is 0.224 e. The molecule has 2 heterocycles. The van der Waals surface area contributed by atoms with E-state index in [2.05, 4.69) is 10.2 Å². The second-order valence-electron chi connectivity index (χ2n) is 5.58. The molecule has 2 fully saturated rings. The van der Waals surface area contributed by atoms with Crippen molar-refractivity contribution in [3.05, 3.63) is 33.8 Å². The number of carbonyl (C=O) groups is 2. The quantitative estimate of drug-likeness (QED) is 0.867. The molecule has 0 saturated carbocycles. The Morgan fingerprint density at radius 1 is 1.38 bits per heavy atom. The Hall–Kier alpha value is -1.10. The van der Waals surface area contributed by atoms with Crippen LogP contribution in [0.1, 0.15) is 23.2 Å². The van der Waals surface area contributed by atoms with Crippen LogP contribution in [0, 0.1) is 5.92 Å². The molecule has 0 spiro atoms. The van der Waals surface area contributed by atoms with Crippen molar-refractivity contribution in [1.29, 1.82) is 0 Å². The maximum atomic E-state index is 12.5. The average molecular weight is 327 g/mol. The molecule has 21 heavy (non-hydrogen) atoms. The van der Waals surface area contributed by atoms with Gasteiger partial charge in [0.25, 0.3) is 0 Å². The standard InChI is InChI=1S/C15H16Cl2N2O2/c16-9-3-4-12(17)11(6-9)14(20)8-19-5-1-2-10-13(19)7-18-15(10)21/h3-4,6,10,13H,1-2,5,7-8H2,(H,18,21). The van der Waals surface area contributed by atoms with Gasteiger partial charge in [0, 0.05) is 23.2 Å². The first-order valence-corrected chi connectivity index (χ1v) is 7.82. The van der Waals surface area contributed by atoms with Crippen LogP contribution in [0.5, 0.6) is 0 Å². The molecule has 2 atom stereocenters. The number of likely N-dealkylation sites (tertiary alicyclic amines) is 1. The predicted molar refractivity (Wildman–Crippen MR) is 81.9 cm³/mol. The van der Waals surface area contributed by atoms with Gasteiger partial charge in [-0.2, -0.15) is 0 Å². The smallest absolute Gasteiger partial charge is 0.224 e. The second-order valence-corrected chi connectivity index (χ2v) is 6.42. The first kappa shape index (κ1) is 14.8. The summed E-state index contributed by atoms with van der Waals surface area (Å²) < 4.78 is 0. The first-order chi connectivity index (χ1) is 10.1. The zero-order chi connectivity index (χ0) is 15.0. The molecule has 2 saturated heterocycles. The Balaban J connectivity index is 1.75. The summed E-state index contributed by atoms with van der Waals surface area (Å²) in [6, 6.07) is 5.02. The van der Waals surface area contributed by atoms with Crippen LogP contribution in [0.2, 0.25) is 10.0 Å². The number of hydrogen-bond donors (Lipinski definition) is 1. The maximum absolute atomic E-state index is 12.5. The van der Waals surface area contributed by atoms with Gasteiger partial charge in [-0.05, 0) is 37.6 Å². The predicted octanol–water partition coefficient (Wildman–Crippen LogP) is 2.39. The van der Waals surface area contributed by atoms with Gasteiger partial charge in [0.2, 0.25) is 5.91 Å². The van der Waals surface area contributed by atoms with Gasteiger partial charge in [0.15, 0.2) is 5.78 Å². The first-order valence-electron chi connectivity index (χ1n) is 7.06. The Labute approximate surface area is 133 Å². The highest BCUT2D eigenvalue weighted by Gasteiger charge is 2.41. The molecule has 1 aromatic rings. The van der Waals surface area contributed by atoms with E-state index in [0.717, 1.165) is 19.4 Å². The molecule has 0 radical (unpaired) electrons. The fourth-order valence-electron chi connectivity index (χ4n) is 3.22. The van der Waals surface area contributed by atoms with Crippen molar-refractivity contribution in [1.82, 2.24) is 10.2 Å². The van der Waals surface area contributed by atoms with Gasteiger partial charge in [-0.1, -0.05) is 23.2 Å². The van der Waals surface area contributed by atoms with Crippen LogP contribution in [0.25, 0.3) is 0 Å². The summed E-state index contributed by atoms with van der Waals surface area (Å²) >= 11 is 12.0. The summed E-state index contributed by atoms with van der Waals surface area (Å²) in [6.07, 6.45) is 1.84. The van der Waals surface area contributed by atoms with Gasteiger partial charge >= 0.3 is 0 Å². The van der Waals surface area contributed by atoms with Crippen molar-refractivity contribution < 1.29 is 9.59 Å². The number of nitrogens with zero attached hydrogens (tertiary/aromatic N) is 1. The van der Waals surface area contributed by atoms with Crippen molar-refractivity contribution in [2.24, 2.45) is 5.92 Å². The summed E-state index contributed by atoms with van der Waals surface area (Å²) in [6.45, 7) is 1.73. The van der Waals surface area contributed by atoms with Gasteiger partial charge in [0.1, 0.15) is 0 Å². The molecule has 2 unspecified atom stereocenters. The van der Waals surface area contributed by atoms with Gasteiger partial charge in [0.05, 0.1) is 17.5 Å². The number of benzene rings is 1. The van der Waals surface area contributed by atoms with E-state index in [1.165, 1.54) is 0 Å². The van der Waals surface area contributed by atoms with Crippen LogP contribution in [0.4, 0.5) is 0 Å². The van der Waals surface area contributed by atoms with Crippen LogP contribution in [0.15, 0.2) is 18.2 Å². The molecule has 1 N–H and O–H groups in total. The molecule has 1 aromatic carbocycles. The van der Waals surface area contributed by atoms with Crippen LogP contribution in [0.3, 0.4) is 0 Å². The third-order valence-electron chi connectivity index (χ3n) is 4.29. The fraction of sp³-hybridized carbons (Fsp3) is 0.467. The lowest BCUT2D eigenvalue weighted by Gasteiger charge is -2.35. The van der Waals surface area contributed by atoms with Crippen molar-refractivity contribution >= 4 is 34.9 Å². The number of piperidine rings is 1. The monoisotopic (exact) mass is 326 g/mol. The molecular weight excluding hydrogens is 311 g/mol. The summed E-state index contributed by atoms with van der Waals surface area (Å²) in [7, 11) is 0. The highest BCUT2D eigenvalue weighted by atomic mass is 35.5. The Morgan fingerprint density at radius 3 is 3.00 bits per heavy atom. The largest absolute Gasteiger partial charge is 0.354 e. The molecule has 3 rings (SSSR count). The number of halogens is 2. The lowest BCUT2D eigenvalue weighted by atomic mass is 9.91. The summed E-state index contributed by atoms with van der Waals surface area (Å²) in [4.78, 5) is 26.3. The van der Waals surface area contributed by atoms with Crippen molar-refractivity contribution in [3.8, 4) is 0 Å². The van der Waals surface area contributed by atoms with Crippen LogP contribution in [-0.4, -0.2) is 42.3 Å². The molecule has 2 aliphatic rings. The minimum atomic E-state index is -0.0532. The Kier molecular flexibility index (Phi) is 4.20. The third-order valence-corrected chi connectivity index (χ3v) is 4.86. The van der Waals surface area contributed by atoms with E-state index >= 15 is 0 Å². The topological polar surface area (TPSA) is 49.4 Å². The Bertz CT molecular complexity index is 591. The number of rotatable bonds is 3. The van der Waals surface area contributed by atoms with E-state index in [0.29, 0.717) is 22.2 Å². The third kappa shape index (κ3) is 2.93. The van der Waals surface area contributed by atoms with Crippen molar-refractivity contribution in [2.45, 2.75) is 18.9 Å². The number of carbonyl (C=O) groups excluding carboxylic acids is 2. The number of hydrogen-bond acceptors (Lipinski definition) is 3. The molecular formula is C15H16Cl2N2O2. The molecule has 2 aliphatic heterocycles. The normalized spacial score (nSPS) is 25.5. The molecule has 0 aromatic heterocycles. The molecule has 1 amide bonds. The van der Waals surface area contributed by atoms with Crippen molar-refractivity contribution in [2.75, 3.05) is 19.6 Å². The van der Waals surface area contributed by atoms with Crippen LogP contribution < -0.4 is 5.32 Å². The van der Waals surface area contributed by atoms with E-state index < -0.39 is 0 Å². The van der Waals surface area contributed by atoms with Crippen LogP contribution in [-0.2, 0) is 4.79 Å². The SMILES string of the molecule is O=C(CN1CCCC2C(=O)NCC21)c1cc(Cl)ccc1Cl. The number of nitrogens with one attached hydrogen (secondary N) is 1. The summed E-state index contributed by atoms with van der Waals surface area (Å²) in [5, 5.41) is 3.80. The van der Waals surface area contributed by atoms with Gasteiger partial charge < -0.3 is 5.32 Å². The van der Waals surface area contributed by atoms with Gasteiger partial charge in [-0.25, -0.2) is 0 Å². The van der Waals surface area contributed by atoms with E-state index in [1.807, 2.05) is 0 Å². The molecule has 6 heteroatoms. The summed E-state index contributed by atoms with van der Waals surface area (Å²) in [5.41, 5.74) is 0.448. The lowest BCUT2D eigenvalue weighted by Crippen LogP contribution is -2.47. The number of ketones is 1. The van der Waals surface area contributed by atoms with E-state index in [-0.39, 0.29) is 30.2 Å². The van der Waals surface area contributed by atoms with Gasteiger partial charge in [-0.3, -0.25) is 14.5 Å².